The number of hydrogen-bond donors (Lipinski definition) is 0. The molecular formula is C28H28Cl2Zr-2. The van der Waals surface area contributed by atoms with Gasteiger partial charge in [-0.2, -0.15) is 17.7 Å². The molecule has 31 heavy (non-hydrogen) atoms. The van der Waals surface area contributed by atoms with Gasteiger partial charge in [-0.05, 0) is 17.5 Å². The normalized spacial score (nSPS) is 10.8. The van der Waals surface area contributed by atoms with Gasteiger partial charge in [-0.25, -0.2) is 12.1 Å². The van der Waals surface area contributed by atoms with Gasteiger partial charge < -0.3 is 24.8 Å². The molecule has 0 bridgehead atoms. The van der Waals surface area contributed by atoms with E-state index in [-0.39, 0.29) is 24.8 Å². The van der Waals surface area contributed by atoms with E-state index in [1.165, 1.54) is 62.8 Å². The van der Waals surface area contributed by atoms with Crippen LogP contribution in [0.3, 0.4) is 0 Å². The van der Waals surface area contributed by atoms with Gasteiger partial charge in [-0.15, -0.1) is 40.6 Å². The van der Waals surface area contributed by atoms with Crippen molar-refractivity contribution in [3.05, 3.63) is 102 Å². The third-order valence-electron chi connectivity index (χ3n) is 5.15. The van der Waals surface area contributed by atoms with Crippen molar-refractivity contribution in [2.75, 3.05) is 0 Å². The van der Waals surface area contributed by atoms with Crippen LogP contribution in [0.5, 0.6) is 0 Å². The second-order valence-electron chi connectivity index (χ2n) is 8.27. The Hall–Kier alpha value is -1.40. The first-order valence-electron chi connectivity index (χ1n) is 10.1. The van der Waals surface area contributed by atoms with Gasteiger partial charge in [0.2, 0.25) is 0 Å². The third kappa shape index (κ3) is 6.79. The van der Waals surface area contributed by atoms with Crippen LogP contribution >= 0.6 is 0 Å². The minimum absolute atomic E-state index is 0. The number of benzene rings is 3. The first kappa shape index (κ1) is 27.6. The smallest absolute Gasteiger partial charge is 0.0246 e. The molecule has 0 radical (unpaired) electrons. The molecule has 0 aliphatic heterocycles. The maximum absolute atomic E-state index is 3.39. The van der Waals surface area contributed by atoms with Gasteiger partial charge in [0.15, 0.2) is 0 Å². The molecule has 0 heterocycles. The quantitative estimate of drug-likeness (QED) is 0.267. The molecule has 3 heteroatoms. The van der Waals surface area contributed by atoms with Crippen molar-refractivity contribution in [3.8, 4) is 11.1 Å². The fourth-order valence-corrected chi connectivity index (χ4v) is 3.70. The van der Waals surface area contributed by atoms with Crippen LogP contribution in [-0.2, 0) is 36.1 Å². The molecule has 0 saturated carbocycles. The molecule has 0 atom stereocenters. The van der Waals surface area contributed by atoms with Crippen molar-refractivity contribution < 1.29 is 49.0 Å². The molecule has 1 aliphatic carbocycles. The maximum Gasteiger partial charge on any atom is -0.0246 e. The van der Waals surface area contributed by atoms with Crippen molar-refractivity contribution in [2.45, 2.75) is 39.5 Å². The zero-order valence-corrected chi connectivity index (χ0v) is 22.5. The second kappa shape index (κ2) is 12.6. The van der Waals surface area contributed by atoms with Gasteiger partial charge in [0.1, 0.15) is 0 Å². The molecule has 0 N–H and O–H groups in total. The largest absolute Gasteiger partial charge is 1.00 e. The van der Waals surface area contributed by atoms with Gasteiger partial charge in [0, 0.05) is 0 Å². The maximum atomic E-state index is 3.39. The molecule has 0 nitrogen and oxygen atoms in total. The molecule has 0 aromatic heterocycles. The summed E-state index contributed by atoms with van der Waals surface area (Å²) in [7, 11) is 0. The first-order chi connectivity index (χ1) is 14.0. The number of hydrogen-bond acceptors (Lipinski definition) is 0. The molecule has 0 spiro atoms. The Morgan fingerprint density at radius 3 is 2.13 bits per heavy atom. The first-order valence-corrected chi connectivity index (χ1v) is 11.6. The van der Waals surface area contributed by atoms with Gasteiger partial charge in [0.05, 0.1) is 0 Å². The minimum Gasteiger partial charge on any atom is -1.00 e. The van der Waals surface area contributed by atoms with Crippen molar-refractivity contribution in [1.29, 1.82) is 0 Å². The van der Waals surface area contributed by atoms with Crippen LogP contribution in [0.2, 0.25) is 0 Å². The predicted octanol–water partition coefficient (Wildman–Crippen LogP) is 1.28. The SMILES string of the molecule is CC(C)(C)[c-]1cccc1.C[CH]=[Zr+2].[Cl-].[Cl-].[c-]1cccc2ccc3c(c12)Cc1ccccc1-3. The molecule has 0 unspecified atom stereocenters. The number of halogens is 2. The van der Waals surface area contributed by atoms with E-state index in [0.29, 0.717) is 5.41 Å². The second-order valence-corrected chi connectivity index (χ2v) is 9.69. The Morgan fingerprint density at radius 1 is 0.871 bits per heavy atom. The molecular weight excluding hydrogens is 498 g/mol. The van der Waals surface area contributed by atoms with E-state index in [4.69, 9.17) is 0 Å². The van der Waals surface area contributed by atoms with E-state index in [2.05, 4.69) is 103 Å². The van der Waals surface area contributed by atoms with Crippen LogP contribution in [-0.4, -0.2) is 3.71 Å². The molecule has 4 aromatic rings. The summed E-state index contributed by atoms with van der Waals surface area (Å²) >= 11 is 1.51. The molecule has 160 valence electrons. The Labute approximate surface area is 214 Å². The summed E-state index contributed by atoms with van der Waals surface area (Å²) < 4.78 is 2.09. The van der Waals surface area contributed by atoms with Crippen LogP contribution in [0.1, 0.15) is 44.4 Å². The van der Waals surface area contributed by atoms with Crippen LogP contribution in [0.25, 0.3) is 21.9 Å². The van der Waals surface area contributed by atoms with Crippen molar-refractivity contribution in [1.82, 2.24) is 0 Å². The van der Waals surface area contributed by atoms with Gasteiger partial charge >= 0.3 is 34.9 Å². The van der Waals surface area contributed by atoms with Crippen LogP contribution < -0.4 is 24.8 Å². The predicted molar refractivity (Wildman–Crippen MR) is 123 cm³/mol. The molecule has 1 aliphatic rings. The van der Waals surface area contributed by atoms with Crippen LogP contribution in [0, 0.1) is 6.07 Å². The summed E-state index contributed by atoms with van der Waals surface area (Å²) in [5, 5.41) is 2.57. The fourth-order valence-electron chi connectivity index (χ4n) is 3.70. The monoisotopic (exact) mass is 524 g/mol. The average molecular weight is 527 g/mol. The topological polar surface area (TPSA) is 0 Å². The van der Waals surface area contributed by atoms with E-state index in [0.717, 1.165) is 6.42 Å². The summed E-state index contributed by atoms with van der Waals surface area (Å²) in [5.41, 5.74) is 7.39. The van der Waals surface area contributed by atoms with E-state index in [9.17, 15) is 0 Å². The molecule has 0 amide bonds. The summed E-state index contributed by atoms with van der Waals surface area (Å²) in [5.74, 6) is 0. The van der Waals surface area contributed by atoms with E-state index >= 15 is 0 Å². The Morgan fingerprint density at radius 2 is 1.52 bits per heavy atom. The average Bonchev–Trinajstić information content (AvgIpc) is 3.37. The zero-order valence-electron chi connectivity index (χ0n) is 18.5. The summed E-state index contributed by atoms with van der Waals surface area (Å²) in [6.07, 6.45) is 1.04. The van der Waals surface area contributed by atoms with Crippen molar-refractivity contribution in [3.63, 3.8) is 0 Å². The van der Waals surface area contributed by atoms with E-state index in [1.807, 2.05) is 13.0 Å². The Bertz CT molecular complexity index is 1090. The van der Waals surface area contributed by atoms with Crippen molar-refractivity contribution in [2.24, 2.45) is 0 Å². The standard InChI is InChI=1S/C17H11.C9H13.C2H4.2ClH.Zr/c1-3-7-14-12(5-1)9-10-16-15-8-4-2-6-13(15)11-17(14)16;1-9(2,3)8-6-4-5-7-8;1-2;;;/h1-6,8-10H,11H2;4-7H,1-3H3;1H,2H3;2*1H;/q2*-1;;;;+2/p-2. The Balaban J connectivity index is 0.000000296. The summed E-state index contributed by atoms with van der Waals surface area (Å²) in [6.45, 7) is 8.71. The Kier molecular flexibility index (Phi) is 11.2. The van der Waals surface area contributed by atoms with E-state index in [1.54, 1.807) is 0 Å². The van der Waals surface area contributed by atoms with Crippen LogP contribution in [0.4, 0.5) is 0 Å². The summed E-state index contributed by atoms with van der Waals surface area (Å²) in [6, 6.07) is 31.2. The number of rotatable bonds is 0. The molecule has 4 aromatic carbocycles. The fraction of sp³-hybridized carbons (Fsp3) is 0.214. The van der Waals surface area contributed by atoms with E-state index < -0.39 is 0 Å². The van der Waals surface area contributed by atoms with Crippen LogP contribution in [0.15, 0.2) is 78.9 Å². The molecule has 0 saturated heterocycles. The van der Waals surface area contributed by atoms with Crippen molar-refractivity contribution >= 4 is 14.5 Å². The number of fused-ring (bicyclic) bond motifs is 5. The van der Waals surface area contributed by atoms with Gasteiger partial charge in [-0.3, -0.25) is 0 Å². The van der Waals surface area contributed by atoms with Gasteiger partial charge in [-0.1, -0.05) is 68.1 Å². The molecule has 0 fully saturated rings. The van der Waals surface area contributed by atoms with Gasteiger partial charge in [0.25, 0.3) is 0 Å². The summed E-state index contributed by atoms with van der Waals surface area (Å²) in [4.78, 5) is 0. The minimum atomic E-state index is 0. The third-order valence-corrected chi connectivity index (χ3v) is 5.15. The zero-order chi connectivity index (χ0) is 20.9. The molecule has 5 rings (SSSR count).